The maximum atomic E-state index is 5.96. The lowest BCUT2D eigenvalue weighted by Gasteiger charge is -2.27. The highest BCUT2D eigenvalue weighted by Gasteiger charge is 2.19. The highest BCUT2D eigenvalue weighted by Crippen LogP contribution is 2.23. The Morgan fingerprint density at radius 2 is 1.80 bits per heavy atom. The maximum Gasteiger partial charge on any atom is 0.159 e. The van der Waals surface area contributed by atoms with E-state index in [1.54, 1.807) is 0 Å². The molecule has 3 heterocycles. The van der Waals surface area contributed by atoms with Crippen LogP contribution in [0.25, 0.3) is 11.4 Å². The summed E-state index contributed by atoms with van der Waals surface area (Å²) in [5, 5.41) is 1.23. The van der Waals surface area contributed by atoms with Crippen molar-refractivity contribution in [2.75, 3.05) is 6.54 Å². The summed E-state index contributed by atoms with van der Waals surface area (Å²) in [6.45, 7) is 2.63. The third-order valence-electron chi connectivity index (χ3n) is 4.32. The van der Waals surface area contributed by atoms with Gasteiger partial charge in [0, 0.05) is 42.6 Å². The SMILES string of the molecule is Clc1ccc(-c2ncc3c(n2)CN(Cc2ccc(Cl)nc2)CC3)cc1. The van der Waals surface area contributed by atoms with Gasteiger partial charge >= 0.3 is 0 Å². The first-order chi connectivity index (χ1) is 12.2. The molecule has 0 saturated carbocycles. The molecule has 0 radical (unpaired) electrons. The zero-order valence-electron chi connectivity index (χ0n) is 13.5. The number of aromatic nitrogens is 3. The molecule has 1 aliphatic heterocycles. The first kappa shape index (κ1) is 16.5. The summed E-state index contributed by atoms with van der Waals surface area (Å²) in [6, 6.07) is 11.5. The molecule has 1 aromatic carbocycles. The third kappa shape index (κ3) is 3.82. The monoisotopic (exact) mass is 370 g/mol. The maximum absolute atomic E-state index is 5.96. The minimum Gasteiger partial charge on any atom is -0.293 e. The molecule has 0 amide bonds. The Kier molecular flexibility index (Phi) is 4.66. The Labute approximate surface area is 156 Å². The molecule has 0 saturated heterocycles. The molecular formula is C19H16Cl2N4. The highest BCUT2D eigenvalue weighted by molar-refractivity contribution is 6.30. The average molecular weight is 371 g/mol. The predicted molar refractivity (Wildman–Crippen MR) is 99.5 cm³/mol. The molecule has 0 fully saturated rings. The van der Waals surface area contributed by atoms with Gasteiger partial charge < -0.3 is 0 Å². The molecule has 6 heteroatoms. The Balaban J connectivity index is 1.54. The summed E-state index contributed by atoms with van der Waals surface area (Å²) in [7, 11) is 0. The van der Waals surface area contributed by atoms with E-state index in [4.69, 9.17) is 28.2 Å². The van der Waals surface area contributed by atoms with Gasteiger partial charge in [0.2, 0.25) is 0 Å². The molecule has 0 atom stereocenters. The summed E-state index contributed by atoms with van der Waals surface area (Å²) in [5.74, 6) is 0.741. The van der Waals surface area contributed by atoms with Gasteiger partial charge in [0.1, 0.15) is 5.15 Å². The quantitative estimate of drug-likeness (QED) is 0.640. The summed E-state index contributed by atoms with van der Waals surface area (Å²) >= 11 is 11.8. The van der Waals surface area contributed by atoms with Crippen LogP contribution in [0.5, 0.6) is 0 Å². The normalized spacial score (nSPS) is 14.3. The number of benzene rings is 1. The van der Waals surface area contributed by atoms with E-state index < -0.39 is 0 Å². The fourth-order valence-electron chi connectivity index (χ4n) is 2.99. The van der Waals surface area contributed by atoms with Gasteiger partial charge in [-0.2, -0.15) is 0 Å². The van der Waals surface area contributed by atoms with Crippen LogP contribution in [0, 0.1) is 0 Å². The van der Waals surface area contributed by atoms with E-state index in [-0.39, 0.29) is 0 Å². The minimum atomic E-state index is 0.521. The second-order valence-corrected chi connectivity index (χ2v) is 6.95. The molecule has 0 N–H and O–H groups in total. The first-order valence-electron chi connectivity index (χ1n) is 8.11. The van der Waals surface area contributed by atoms with Crippen LogP contribution in [0.4, 0.5) is 0 Å². The van der Waals surface area contributed by atoms with Crippen molar-refractivity contribution in [3.63, 3.8) is 0 Å². The van der Waals surface area contributed by atoms with Crippen LogP contribution in [0.3, 0.4) is 0 Å². The van der Waals surface area contributed by atoms with Gasteiger partial charge in [-0.05, 0) is 47.9 Å². The Hall–Kier alpha value is -2.01. The van der Waals surface area contributed by atoms with Gasteiger partial charge in [0.25, 0.3) is 0 Å². The van der Waals surface area contributed by atoms with Crippen molar-refractivity contribution < 1.29 is 0 Å². The van der Waals surface area contributed by atoms with Gasteiger partial charge in [-0.1, -0.05) is 29.3 Å². The number of halogens is 2. The van der Waals surface area contributed by atoms with Crippen molar-refractivity contribution in [3.8, 4) is 11.4 Å². The Morgan fingerprint density at radius 3 is 2.56 bits per heavy atom. The molecule has 0 spiro atoms. The first-order valence-corrected chi connectivity index (χ1v) is 8.86. The number of hydrogen-bond donors (Lipinski definition) is 0. The van der Waals surface area contributed by atoms with Crippen molar-refractivity contribution in [3.05, 3.63) is 75.8 Å². The summed E-state index contributed by atoms with van der Waals surface area (Å²) < 4.78 is 0. The van der Waals surface area contributed by atoms with Crippen LogP contribution in [-0.4, -0.2) is 26.4 Å². The lowest BCUT2D eigenvalue weighted by Crippen LogP contribution is -2.31. The van der Waals surface area contributed by atoms with E-state index in [2.05, 4.69) is 14.9 Å². The zero-order chi connectivity index (χ0) is 17.2. The standard InChI is InChI=1S/C19H16Cl2N4/c20-16-4-2-14(3-5-16)19-23-10-15-7-8-25(12-17(15)24-19)11-13-1-6-18(21)22-9-13/h1-6,9-10H,7-8,11-12H2. The van der Waals surface area contributed by atoms with Crippen molar-refractivity contribution in [2.45, 2.75) is 19.5 Å². The van der Waals surface area contributed by atoms with Crippen LogP contribution >= 0.6 is 23.2 Å². The molecule has 126 valence electrons. The van der Waals surface area contributed by atoms with Crippen molar-refractivity contribution in [1.82, 2.24) is 19.9 Å². The average Bonchev–Trinajstić information content (AvgIpc) is 2.64. The molecule has 2 aromatic heterocycles. The molecule has 25 heavy (non-hydrogen) atoms. The van der Waals surface area contributed by atoms with Crippen LogP contribution in [0.1, 0.15) is 16.8 Å². The Bertz CT molecular complexity index is 879. The third-order valence-corrected chi connectivity index (χ3v) is 4.80. The van der Waals surface area contributed by atoms with Gasteiger partial charge in [-0.15, -0.1) is 0 Å². The lowest BCUT2D eigenvalue weighted by molar-refractivity contribution is 0.241. The highest BCUT2D eigenvalue weighted by atomic mass is 35.5. The fourth-order valence-corrected chi connectivity index (χ4v) is 3.23. The number of hydrogen-bond acceptors (Lipinski definition) is 4. The van der Waals surface area contributed by atoms with Crippen LogP contribution in [-0.2, 0) is 19.5 Å². The molecule has 0 aliphatic carbocycles. The Morgan fingerprint density at radius 1 is 0.960 bits per heavy atom. The molecular weight excluding hydrogens is 355 g/mol. The molecule has 0 unspecified atom stereocenters. The number of nitrogens with zero attached hydrogens (tertiary/aromatic N) is 4. The van der Waals surface area contributed by atoms with Crippen molar-refractivity contribution >= 4 is 23.2 Å². The topological polar surface area (TPSA) is 41.9 Å². The lowest BCUT2D eigenvalue weighted by atomic mass is 10.1. The second-order valence-electron chi connectivity index (χ2n) is 6.12. The van der Waals surface area contributed by atoms with Gasteiger partial charge in [0.05, 0.1) is 5.69 Å². The predicted octanol–water partition coefficient (Wildman–Crippen LogP) is 4.40. The van der Waals surface area contributed by atoms with E-state index in [1.807, 2.05) is 48.8 Å². The van der Waals surface area contributed by atoms with Crippen LogP contribution in [0.2, 0.25) is 10.2 Å². The number of rotatable bonds is 3. The van der Waals surface area contributed by atoms with Crippen LogP contribution < -0.4 is 0 Å². The molecule has 3 aromatic rings. The summed E-state index contributed by atoms with van der Waals surface area (Å²) in [4.78, 5) is 15.8. The van der Waals surface area contributed by atoms with E-state index in [0.29, 0.717) is 10.2 Å². The van der Waals surface area contributed by atoms with Gasteiger partial charge in [-0.25, -0.2) is 15.0 Å². The molecule has 4 nitrogen and oxygen atoms in total. The molecule has 0 bridgehead atoms. The van der Waals surface area contributed by atoms with Gasteiger partial charge in [-0.3, -0.25) is 4.90 Å². The van der Waals surface area contributed by atoms with Crippen molar-refractivity contribution in [2.24, 2.45) is 0 Å². The molecule has 4 rings (SSSR count). The van der Waals surface area contributed by atoms with Crippen molar-refractivity contribution in [1.29, 1.82) is 0 Å². The van der Waals surface area contributed by atoms with Gasteiger partial charge in [0.15, 0.2) is 5.82 Å². The number of pyridine rings is 1. The fraction of sp³-hybridized carbons (Fsp3) is 0.211. The second kappa shape index (κ2) is 7.08. The molecule has 1 aliphatic rings. The van der Waals surface area contributed by atoms with E-state index in [0.717, 1.165) is 48.7 Å². The number of fused-ring (bicyclic) bond motifs is 1. The smallest absolute Gasteiger partial charge is 0.159 e. The largest absolute Gasteiger partial charge is 0.293 e. The van der Waals surface area contributed by atoms with E-state index in [1.165, 1.54) is 5.56 Å². The summed E-state index contributed by atoms with van der Waals surface area (Å²) in [5.41, 5.74) is 4.45. The van der Waals surface area contributed by atoms with Crippen LogP contribution in [0.15, 0.2) is 48.8 Å². The zero-order valence-corrected chi connectivity index (χ0v) is 15.0. The minimum absolute atomic E-state index is 0.521. The van der Waals surface area contributed by atoms with E-state index >= 15 is 0 Å². The summed E-state index contributed by atoms with van der Waals surface area (Å²) in [6.07, 6.45) is 4.74. The van der Waals surface area contributed by atoms with E-state index in [9.17, 15) is 0 Å².